The van der Waals surface area contributed by atoms with Gasteiger partial charge in [-0.2, -0.15) is 10.1 Å². The third-order valence-corrected chi connectivity index (χ3v) is 4.75. The van der Waals surface area contributed by atoms with Crippen molar-refractivity contribution in [3.8, 4) is 5.75 Å². The first-order valence-electron chi connectivity index (χ1n) is 8.79. The molecule has 3 aromatic rings. The predicted octanol–water partition coefficient (Wildman–Crippen LogP) is 4.47. The van der Waals surface area contributed by atoms with Crippen molar-refractivity contribution in [1.29, 1.82) is 0 Å². The molecule has 0 radical (unpaired) electrons. The van der Waals surface area contributed by atoms with E-state index in [2.05, 4.69) is 65.7 Å². The zero-order valence-corrected chi connectivity index (χ0v) is 15.2. The average molecular weight is 346 g/mol. The van der Waals surface area contributed by atoms with Gasteiger partial charge < -0.3 is 10.1 Å². The molecule has 0 saturated carbocycles. The molecule has 5 nitrogen and oxygen atoms in total. The fourth-order valence-electron chi connectivity index (χ4n) is 3.28. The monoisotopic (exact) mass is 346 g/mol. The Balaban J connectivity index is 1.78. The van der Waals surface area contributed by atoms with Gasteiger partial charge in [-0.3, -0.25) is 0 Å². The lowest BCUT2D eigenvalue weighted by molar-refractivity contribution is 0.404. The van der Waals surface area contributed by atoms with Crippen molar-refractivity contribution >= 4 is 11.6 Å². The summed E-state index contributed by atoms with van der Waals surface area (Å²) in [6.45, 7) is 4.40. The number of fused-ring (bicyclic) bond motifs is 1. The van der Waals surface area contributed by atoms with Crippen molar-refractivity contribution in [3.05, 3.63) is 77.6 Å². The molecule has 1 aliphatic heterocycles. The van der Waals surface area contributed by atoms with Gasteiger partial charge in [-0.05, 0) is 29.2 Å². The lowest BCUT2D eigenvalue weighted by Crippen LogP contribution is -2.20. The molecule has 0 bridgehead atoms. The number of anilines is 1. The largest absolute Gasteiger partial charge is 0.496 e. The molecule has 2 heterocycles. The molecule has 0 amide bonds. The number of ether oxygens (including phenoxy) is 1. The Bertz CT molecular complexity index is 941. The molecule has 0 spiro atoms. The number of aromatic nitrogens is 3. The zero-order valence-electron chi connectivity index (χ0n) is 15.2. The van der Waals surface area contributed by atoms with Crippen molar-refractivity contribution in [1.82, 2.24) is 14.8 Å². The van der Waals surface area contributed by atoms with Crippen LogP contribution < -0.4 is 10.1 Å². The number of nitrogens with zero attached hydrogens (tertiary/aromatic N) is 3. The normalized spacial score (nSPS) is 16.0. The lowest BCUT2D eigenvalue weighted by atomic mass is 9.98. The van der Waals surface area contributed by atoms with Gasteiger partial charge in [-0.1, -0.05) is 56.3 Å². The number of allylic oxidation sites excluding steroid dienone is 1. The molecular formula is C21H22N4O. The van der Waals surface area contributed by atoms with Crippen molar-refractivity contribution in [2.45, 2.75) is 25.8 Å². The zero-order chi connectivity index (χ0) is 18.1. The van der Waals surface area contributed by atoms with E-state index in [-0.39, 0.29) is 6.04 Å². The molecule has 5 heteroatoms. The maximum atomic E-state index is 5.56. The summed E-state index contributed by atoms with van der Waals surface area (Å²) in [5.74, 6) is 2.08. The fraction of sp³-hybridized carbons (Fsp3) is 0.238. The van der Waals surface area contributed by atoms with Gasteiger partial charge in [0, 0.05) is 11.3 Å². The van der Waals surface area contributed by atoms with Crippen molar-refractivity contribution in [2.75, 3.05) is 12.4 Å². The molecular weight excluding hydrogens is 324 g/mol. The third-order valence-electron chi connectivity index (χ3n) is 4.75. The molecule has 2 aromatic carbocycles. The van der Waals surface area contributed by atoms with Crippen LogP contribution in [0.25, 0.3) is 5.70 Å². The molecule has 0 fully saturated rings. The summed E-state index contributed by atoms with van der Waals surface area (Å²) in [6, 6.07) is 16.6. The number of rotatable bonds is 4. The summed E-state index contributed by atoms with van der Waals surface area (Å²) in [5, 5.41) is 7.79. The van der Waals surface area contributed by atoms with E-state index in [4.69, 9.17) is 4.74 Å². The Kier molecular flexibility index (Phi) is 4.21. The SMILES string of the molecule is COc1ccccc1[C@@H]1C=C(c2ccc(C(C)C)cc2)Nc2ncnn21. The molecule has 4 rings (SSSR count). The van der Waals surface area contributed by atoms with Crippen molar-refractivity contribution in [2.24, 2.45) is 0 Å². The summed E-state index contributed by atoms with van der Waals surface area (Å²) in [5.41, 5.74) is 4.54. The molecule has 26 heavy (non-hydrogen) atoms. The summed E-state index contributed by atoms with van der Waals surface area (Å²) in [7, 11) is 1.69. The standard InChI is InChI=1S/C21H22N4O/c1-14(2)15-8-10-16(11-9-15)18-12-19(25-21(24-18)22-13-23-25)17-6-4-5-7-20(17)26-3/h4-14,19H,1-3H3,(H,22,23,24)/t19-/m0/s1. The number of nitrogens with one attached hydrogen (secondary N) is 1. The van der Waals surface area contributed by atoms with E-state index in [0.717, 1.165) is 28.5 Å². The van der Waals surface area contributed by atoms with Gasteiger partial charge in [0.1, 0.15) is 18.1 Å². The highest BCUT2D eigenvalue weighted by molar-refractivity contribution is 5.77. The second-order valence-corrected chi connectivity index (χ2v) is 6.70. The minimum Gasteiger partial charge on any atom is -0.496 e. The lowest BCUT2D eigenvalue weighted by Gasteiger charge is -2.25. The van der Waals surface area contributed by atoms with Gasteiger partial charge in [0.15, 0.2) is 0 Å². The summed E-state index contributed by atoms with van der Waals surface area (Å²) >= 11 is 0. The summed E-state index contributed by atoms with van der Waals surface area (Å²) < 4.78 is 7.44. The Hall–Kier alpha value is -3.08. The van der Waals surface area contributed by atoms with Crippen LogP contribution >= 0.6 is 0 Å². The van der Waals surface area contributed by atoms with Crippen LogP contribution in [0.15, 0.2) is 60.9 Å². The van der Waals surface area contributed by atoms with Crippen LogP contribution in [0.4, 0.5) is 5.95 Å². The molecule has 1 N–H and O–H groups in total. The molecule has 1 aromatic heterocycles. The van der Waals surface area contributed by atoms with E-state index >= 15 is 0 Å². The van der Waals surface area contributed by atoms with Crippen molar-refractivity contribution < 1.29 is 4.74 Å². The Morgan fingerprint density at radius 1 is 1.08 bits per heavy atom. The van der Waals surface area contributed by atoms with Gasteiger partial charge in [-0.15, -0.1) is 0 Å². The van der Waals surface area contributed by atoms with E-state index in [0.29, 0.717) is 5.92 Å². The maximum Gasteiger partial charge on any atom is 0.226 e. The quantitative estimate of drug-likeness (QED) is 0.757. The highest BCUT2D eigenvalue weighted by atomic mass is 16.5. The number of benzene rings is 2. The Labute approximate surface area is 153 Å². The van der Waals surface area contributed by atoms with Crippen molar-refractivity contribution in [3.63, 3.8) is 0 Å². The molecule has 0 unspecified atom stereocenters. The third kappa shape index (κ3) is 2.86. The Morgan fingerprint density at radius 3 is 2.58 bits per heavy atom. The molecule has 1 atom stereocenters. The maximum absolute atomic E-state index is 5.56. The topological polar surface area (TPSA) is 52.0 Å². The first kappa shape index (κ1) is 16.4. The summed E-state index contributed by atoms with van der Waals surface area (Å²) in [6.07, 6.45) is 3.74. The number of hydrogen-bond donors (Lipinski definition) is 1. The van der Waals surface area contributed by atoms with Crippen LogP contribution in [-0.2, 0) is 0 Å². The van der Waals surface area contributed by atoms with Crippen LogP contribution in [0, 0.1) is 0 Å². The van der Waals surface area contributed by atoms with E-state index in [1.807, 2.05) is 22.9 Å². The van der Waals surface area contributed by atoms with Crippen LogP contribution in [-0.4, -0.2) is 21.9 Å². The van der Waals surface area contributed by atoms with E-state index in [9.17, 15) is 0 Å². The number of para-hydroxylation sites is 1. The highest BCUT2D eigenvalue weighted by Gasteiger charge is 2.25. The molecule has 0 aliphatic carbocycles. The van der Waals surface area contributed by atoms with E-state index in [1.165, 1.54) is 5.56 Å². The molecule has 1 aliphatic rings. The van der Waals surface area contributed by atoms with Gasteiger partial charge >= 0.3 is 0 Å². The smallest absolute Gasteiger partial charge is 0.226 e. The van der Waals surface area contributed by atoms with Gasteiger partial charge in [0.2, 0.25) is 5.95 Å². The fourth-order valence-corrected chi connectivity index (χ4v) is 3.28. The second-order valence-electron chi connectivity index (χ2n) is 6.70. The molecule has 132 valence electrons. The van der Waals surface area contributed by atoms with Crippen LogP contribution in [0.1, 0.15) is 42.5 Å². The van der Waals surface area contributed by atoms with E-state index < -0.39 is 0 Å². The van der Waals surface area contributed by atoms with Gasteiger partial charge in [-0.25, -0.2) is 4.68 Å². The van der Waals surface area contributed by atoms with E-state index in [1.54, 1.807) is 13.4 Å². The van der Waals surface area contributed by atoms with Crippen LogP contribution in [0.5, 0.6) is 5.75 Å². The minimum atomic E-state index is -0.0790. The first-order chi connectivity index (χ1) is 12.7. The van der Waals surface area contributed by atoms with Gasteiger partial charge in [0.25, 0.3) is 0 Å². The minimum absolute atomic E-state index is 0.0790. The number of methoxy groups -OCH3 is 1. The Morgan fingerprint density at radius 2 is 1.85 bits per heavy atom. The van der Waals surface area contributed by atoms with Crippen LogP contribution in [0.3, 0.4) is 0 Å². The number of hydrogen-bond acceptors (Lipinski definition) is 4. The predicted molar refractivity (Wildman–Crippen MR) is 103 cm³/mol. The molecule has 0 saturated heterocycles. The first-order valence-corrected chi connectivity index (χ1v) is 8.79. The second kappa shape index (κ2) is 6.67. The summed E-state index contributed by atoms with van der Waals surface area (Å²) in [4.78, 5) is 4.37. The van der Waals surface area contributed by atoms with Gasteiger partial charge in [0.05, 0.1) is 7.11 Å². The highest BCUT2D eigenvalue weighted by Crippen LogP contribution is 2.36. The van der Waals surface area contributed by atoms with Crippen LogP contribution in [0.2, 0.25) is 0 Å². The average Bonchev–Trinajstić information content (AvgIpc) is 3.16.